The summed E-state index contributed by atoms with van der Waals surface area (Å²) in [5, 5.41) is 3.39. The normalized spacial score (nSPS) is 10.6. The van der Waals surface area contributed by atoms with Crippen LogP contribution in [0.5, 0.6) is 0 Å². The third-order valence-electron chi connectivity index (χ3n) is 2.87. The van der Waals surface area contributed by atoms with Gasteiger partial charge in [-0.15, -0.1) is 0 Å². The maximum Gasteiger partial charge on any atom is 0.163 e. The van der Waals surface area contributed by atoms with Gasteiger partial charge in [-0.3, -0.25) is 4.98 Å². The van der Waals surface area contributed by atoms with E-state index in [0.717, 1.165) is 52.3 Å². The van der Waals surface area contributed by atoms with Gasteiger partial charge in [0.2, 0.25) is 0 Å². The van der Waals surface area contributed by atoms with E-state index in [4.69, 9.17) is 4.98 Å². The molecular weight excluding hydrogens is 363 g/mol. The number of hydrogen-bond acceptors (Lipinski definition) is 4. The van der Waals surface area contributed by atoms with Gasteiger partial charge in [0.25, 0.3) is 0 Å². The monoisotopic (exact) mass is 382 g/mol. The Balaban J connectivity index is 2.44. The molecule has 0 spiro atoms. The molecule has 106 valence electrons. The molecule has 0 aliphatic heterocycles. The Morgan fingerprint density at radius 1 is 1.20 bits per heavy atom. The van der Waals surface area contributed by atoms with Crippen LogP contribution in [0.15, 0.2) is 24.5 Å². The van der Waals surface area contributed by atoms with Crippen LogP contribution in [-0.2, 0) is 6.42 Å². The SMILES string of the molecule is CCCNc1nc(-c2cccnc2)nc(CCC)c1I. The average molecular weight is 382 g/mol. The molecule has 1 N–H and O–H groups in total. The molecule has 2 rings (SSSR count). The summed E-state index contributed by atoms with van der Waals surface area (Å²) in [6, 6.07) is 3.91. The average Bonchev–Trinajstić information content (AvgIpc) is 2.49. The maximum atomic E-state index is 4.70. The second-order valence-electron chi connectivity index (χ2n) is 4.57. The molecule has 0 fully saturated rings. The largest absolute Gasteiger partial charge is 0.369 e. The lowest BCUT2D eigenvalue weighted by atomic mass is 10.2. The van der Waals surface area contributed by atoms with Crippen LogP contribution < -0.4 is 5.32 Å². The van der Waals surface area contributed by atoms with Crippen molar-refractivity contribution in [1.29, 1.82) is 0 Å². The number of nitrogens with zero attached hydrogens (tertiary/aromatic N) is 3. The smallest absolute Gasteiger partial charge is 0.163 e. The molecule has 0 amide bonds. The van der Waals surface area contributed by atoms with E-state index in [1.807, 2.05) is 18.3 Å². The van der Waals surface area contributed by atoms with Crippen LogP contribution in [0.25, 0.3) is 11.4 Å². The van der Waals surface area contributed by atoms with E-state index in [0.29, 0.717) is 0 Å². The lowest BCUT2D eigenvalue weighted by Crippen LogP contribution is -2.09. The number of halogens is 1. The highest BCUT2D eigenvalue weighted by Crippen LogP contribution is 2.24. The zero-order valence-corrected chi connectivity index (χ0v) is 14.0. The predicted molar refractivity (Wildman–Crippen MR) is 90.8 cm³/mol. The van der Waals surface area contributed by atoms with E-state index in [1.165, 1.54) is 0 Å². The molecule has 2 heterocycles. The fraction of sp³-hybridized carbons (Fsp3) is 0.400. The second-order valence-corrected chi connectivity index (χ2v) is 5.65. The quantitative estimate of drug-likeness (QED) is 0.770. The molecule has 2 aromatic rings. The predicted octanol–water partition coefficient (Wildman–Crippen LogP) is 3.92. The van der Waals surface area contributed by atoms with Crippen molar-refractivity contribution in [1.82, 2.24) is 15.0 Å². The summed E-state index contributed by atoms with van der Waals surface area (Å²) in [5.41, 5.74) is 2.07. The van der Waals surface area contributed by atoms with Crippen LogP contribution in [0, 0.1) is 3.57 Å². The van der Waals surface area contributed by atoms with Gasteiger partial charge in [-0.1, -0.05) is 20.3 Å². The number of hydrogen-bond donors (Lipinski definition) is 1. The highest BCUT2D eigenvalue weighted by Gasteiger charge is 2.12. The highest BCUT2D eigenvalue weighted by atomic mass is 127. The molecule has 20 heavy (non-hydrogen) atoms. The summed E-state index contributed by atoms with van der Waals surface area (Å²) in [5.74, 6) is 1.69. The molecule has 0 atom stereocenters. The molecule has 0 unspecified atom stereocenters. The Kier molecular flexibility index (Phi) is 5.70. The fourth-order valence-corrected chi connectivity index (χ4v) is 2.58. The van der Waals surface area contributed by atoms with Crippen molar-refractivity contribution in [2.45, 2.75) is 33.1 Å². The first kappa shape index (κ1) is 15.2. The Morgan fingerprint density at radius 2 is 2.05 bits per heavy atom. The van der Waals surface area contributed by atoms with Crippen LogP contribution in [0.3, 0.4) is 0 Å². The zero-order valence-electron chi connectivity index (χ0n) is 11.9. The first-order valence-electron chi connectivity index (χ1n) is 6.97. The van der Waals surface area contributed by atoms with Crippen molar-refractivity contribution in [2.24, 2.45) is 0 Å². The van der Waals surface area contributed by atoms with Crippen molar-refractivity contribution in [3.63, 3.8) is 0 Å². The standard InChI is InChI=1S/C15H19IN4/c1-3-6-12-13(16)15(18-8-4-2)20-14(19-12)11-7-5-9-17-10-11/h5,7,9-10H,3-4,6,8H2,1-2H3,(H,18,19,20). The molecule has 0 aromatic carbocycles. The maximum absolute atomic E-state index is 4.70. The molecule has 2 aromatic heterocycles. The second kappa shape index (κ2) is 7.52. The van der Waals surface area contributed by atoms with E-state index in [9.17, 15) is 0 Å². The van der Waals surface area contributed by atoms with Crippen molar-refractivity contribution in [2.75, 3.05) is 11.9 Å². The fourth-order valence-electron chi connectivity index (χ4n) is 1.88. The number of aromatic nitrogens is 3. The molecule has 5 heteroatoms. The Bertz CT molecular complexity index is 557. The molecule has 0 saturated heterocycles. The first-order valence-corrected chi connectivity index (χ1v) is 8.04. The molecule has 4 nitrogen and oxygen atoms in total. The summed E-state index contributed by atoms with van der Waals surface area (Å²) in [7, 11) is 0. The Hall–Kier alpha value is -1.24. The third kappa shape index (κ3) is 3.65. The highest BCUT2D eigenvalue weighted by molar-refractivity contribution is 14.1. The Morgan fingerprint density at radius 3 is 2.70 bits per heavy atom. The van der Waals surface area contributed by atoms with E-state index >= 15 is 0 Å². The van der Waals surface area contributed by atoms with Gasteiger partial charge in [-0.2, -0.15) is 0 Å². The molecule has 0 bridgehead atoms. The van der Waals surface area contributed by atoms with Crippen LogP contribution >= 0.6 is 22.6 Å². The van der Waals surface area contributed by atoms with Gasteiger partial charge in [0.05, 0.1) is 9.26 Å². The minimum absolute atomic E-state index is 0.751. The van der Waals surface area contributed by atoms with Gasteiger partial charge >= 0.3 is 0 Å². The summed E-state index contributed by atoms with van der Waals surface area (Å²) in [4.78, 5) is 13.5. The van der Waals surface area contributed by atoms with E-state index in [-0.39, 0.29) is 0 Å². The minimum Gasteiger partial charge on any atom is -0.369 e. The summed E-state index contributed by atoms with van der Waals surface area (Å²) >= 11 is 2.34. The minimum atomic E-state index is 0.751. The van der Waals surface area contributed by atoms with Crippen LogP contribution in [-0.4, -0.2) is 21.5 Å². The Labute approximate surface area is 133 Å². The van der Waals surface area contributed by atoms with Crippen molar-refractivity contribution >= 4 is 28.4 Å². The molecule has 0 aliphatic rings. The number of nitrogens with one attached hydrogen (secondary N) is 1. The summed E-state index contributed by atoms with van der Waals surface area (Å²) in [6.07, 6.45) is 6.69. The number of aryl methyl sites for hydroxylation is 1. The zero-order chi connectivity index (χ0) is 14.4. The molecule has 0 radical (unpaired) electrons. The van der Waals surface area contributed by atoms with Gasteiger partial charge in [-0.25, -0.2) is 9.97 Å². The van der Waals surface area contributed by atoms with Gasteiger partial charge in [-0.05, 0) is 47.6 Å². The van der Waals surface area contributed by atoms with Crippen LogP contribution in [0.1, 0.15) is 32.4 Å². The lowest BCUT2D eigenvalue weighted by Gasteiger charge is -2.12. The van der Waals surface area contributed by atoms with Gasteiger partial charge in [0.15, 0.2) is 5.82 Å². The topological polar surface area (TPSA) is 50.7 Å². The van der Waals surface area contributed by atoms with Gasteiger partial charge < -0.3 is 5.32 Å². The van der Waals surface area contributed by atoms with Crippen LogP contribution in [0.2, 0.25) is 0 Å². The van der Waals surface area contributed by atoms with Gasteiger partial charge in [0.1, 0.15) is 5.82 Å². The van der Waals surface area contributed by atoms with Crippen LogP contribution in [0.4, 0.5) is 5.82 Å². The number of rotatable bonds is 6. The number of anilines is 1. The summed E-state index contributed by atoms with van der Waals surface area (Å²) < 4.78 is 1.13. The molecular formula is C15H19IN4. The van der Waals surface area contributed by atoms with Crippen molar-refractivity contribution < 1.29 is 0 Å². The third-order valence-corrected chi connectivity index (χ3v) is 4.00. The van der Waals surface area contributed by atoms with E-state index in [1.54, 1.807) is 6.20 Å². The van der Waals surface area contributed by atoms with E-state index in [2.05, 4.69) is 51.7 Å². The van der Waals surface area contributed by atoms with Gasteiger partial charge in [0, 0.05) is 24.5 Å². The van der Waals surface area contributed by atoms with E-state index < -0.39 is 0 Å². The molecule has 0 saturated carbocycles. The molecule has 0 aliphatic carbocycles. The van der Waals surface area contributed by atoms with Crippen molar-refractivity contribution in [3.05, 3.63) is 33.8 Å². The van der Waals surface area contributed by atoms with Crippen molar-refractivity contribution in [3.8, 4) is 11.4 Å². The lowest BCUT2D eigenvalue weighted by molar-refractivity contribution is 0.863. The summed E-state index contributed by atoms with van der Waals surface area (Å²) in [6.45, 7) is 5.24. The first-order chi connectivity index (χ1) is 9.76. The number of pyridine rings is 1.